The van der Waals surface area contributed by atoms with Crippen LogP contribution in [0.5, 0.6) is 5.75 Å². The van der Waals surface area contributed by atoms with Gasteiger partial charge in [0.1, 0.15) is 17.8 Å². The Hall–Kier alpha value is -2.04. The summed E-state index contributed by atoms with van der Waals surface area (Å²) in [6.45, 7) is 0.658. The molecule has 0 spiro atoms. The van der Waals surface area contributed by atoms with Gasteiger partial charge in [0.25, 0.3) is 0 Å². The van der Waals surface area contributed by atoms with Crippen molar-refractivity contribution in [1.29, 1.82) is 0 Å². The Morgan fingerprint density at radius 3 is 2.63 bits per heavy atom. The fourth-order valence-electron chi connectivity index (χ4n) is 2.83. The Balaban J connectivity index is 1.89. The summed E-state index contributed by atoms with van der Waals surface area (Å²) in [5.74, 6) is 0.0292. The molecule has 2 amide bonds. The van der Waals surface area contributed by atoms with Gasteiger partial charge in [-0.1, -0.05) is 12.1 Å². The van der Waals surface area contributed by atoms with Crippen molar-refractivity contribution in [2.75, 3.05) is 6.54 Å². The number of hydrogen-bond acceptors (Lipinski definition) is 3. The van der Waals surface area contributed by atoms with Gasteiger partial charge in [0.05, 0.1) is 0 Å². The number of carbonyl (C=O) groups excluding carboxylic acids is 2. The third-order valence-electron chi connectivity index (χ3n) is 3.85. The molecule has 0 aliphatic carbocycles. The molecule has 0 radical (unpaired) electrons. The monoisotopic (exact) mass is 260 g/mol. The van der Waals surface area contributed by atoms with Crippen LogP contribution in [-0.2, 0) is 9.59 Å². The Kier molecular flexibility index (Phi) is 2.89. The molecule has 0 bridgehead atoms. The summed E-state index contributed by atoms with van der Waals surface area (Å²) in [7, 11) is 0. The molecule has 2 fully saturated rings. The summed E-state index contributed by atoms with van der Waals surface area (Å²) in [6, 6.07) is 5.47. The maximum Gasteiger partial charge on any atom is 0.250 e. The first-order valence-corrected chi connectivity index (χ1v) is 6.56. The van der Waals surface area contributed by atoms with Gasteiger partial charge in [-0.2, -0.15) is 0 Å². The normalized spacial score (nSPS) is 26.8. The first-order valence-electron chi connectivity index (χ1n) is 6.56. The molecule has 2 N–H and O–H groups in total. The number of nitrogens with zero attached hydrogens (tertiary/aromatic N) is 1. The Morgan fingerprint density at radius 1 is 1.16 bits per heavy atom. The van der Waals surface area contributed by atoms with Crippen molar-refractivity contribution in [3.05, 3.63) is 29.8 Å². The molecular weight excluding hydrogens is 244 g/mol. The Bertz CT molecular complexity index is 512. The molecule has 100 valence electrons. The van der Waals surface area contributed by atoms with E-state index in [2.05, 4.69) is 5.32 Å². The van der Waals surface area contributed by atoms with Gasteiger partial charge < -0.3 is 15.3 Å². The predicted octanol–water partition coefficient (Wildman–Crippen LogP) is 0.944. The molecule has 2 aliphatic rings. The number of amides is 2. The van der Waals surface area contributed by atoms with E-state index >= 15 is 0 Å². The van der Waals surface area contributed by atoms with Crippen molar-refractivity contribution in [1.82, 2.24) is 10.2 Å². The highest BCUT2D eigenvalue weighted by molar-refractivity contribution is 5.97. The molecule has 3 rings (SSSR count). The van der Waals surface area contributed by atoms with Crippen LogP contribution in [0.3, 0.4) is 0 Å². The van der Waals surface area contributed by atoms with E-state index in [1.165, 1.54) is 12.1 Å². The number of phenolic OH excluding ortho intramolecular Hbond substituents is 1. The van der Waals surface area contributed by atoms with Crippen LogP contribution in [0.25, 0.3) is 0 Å². The predicted molar refractivity (Wildman–Crippen MR) is 68.3 cm³/mol. The number of benzene rings is 1. The molecule has 1 aromatic carbocycles. The molecule has 1 aromatic rings. The topological polar surface area (TPSA) is 69.6 Å². The summed E-state index contributed by atoms with van der Waals surface area (Å²) in [5.41, 5.74) is 0.708. The number of piperazine rings is 1. The fourth-order valence-corrected chi connectivity index (χ4v) is 2.83. The van der Waals surface area contributed by atoms with E-state index in [4.69, 9.17) is 0 Å². The van der Waals surface area contributed by atoms with E-state index in [1.54, 1.807) is 17.0 Å². The lowest BCUT2D eigenvalue weighted by atomic mass is 9.94. The van der Waals surface area contributed by atoms with Crippen molar-refractivity contribution in [2.45, 2.75) is 31.3 Å². The van der Waals surface area contributed by atoms with Crippen LogP contribution in [0.15, 0.2) is 24.3 Å². The van der Waals surface area contributed by atoms with Gasteiger partial charge in [0, 0.05) is 6.54 Å². The lowest BCUT2D eigenvalue weighted by Gasteiger charge is -2.41. The summed E-state index contributed by atoms with van der Waals surface area (Å²) in [4.78, 5) is 26.2. The number of phenols is 1. The maximum atomic E-state index is 12.4. The smallest absolute Gasteiger partial charge is 0.250 e. The molecule has 0 aromatic heterocycles. The van der Waals surface area contributed by atoms with Crippen LogP contribution in [-0.4, -0.2) is 34.4 Å². The molecule has 5 nitrogen and oxygen atoms in total. The first-order chi connectivity index (χ1) is 9.16. The highest BCUT2D eigenvalue weighted by atomic mass is 16.3. The SMILES string of the molecule is O=C1N[C@H](c2ccc(O)cc2)C(=O)N2CCCC[C@@H]12. The number of rotatable bonds is 1. The van der Waals surface area contributed by atoms with Crippen LogP contribution < -0.4 is 5.32 Å². The van der Waals surface area contributed by atoms with Crippen LogP contribution >= 0.6 is 0 Å². The minimum Gasteiger partial charge on any atom is -0.508 e. The van der Waals surface area contributed by atoms with Gasteiger partial charge in [-0.25, -0.2) is 0 Å². The zero-order valence-corrected chi connectivity index (χ0v) is 10.5. The van der Waals surface area contributed by atoms with Crippen molar-refractivity contribution >= 4 is 11.8 Å². The Labute approximate surface area is 111 Å². The molecule has 2 saturated heterocycles. The molecule has 2 atom stereocenters. The first kappa shape index (κ1) is 12.0. The van der Waals surface area contributed by atoms with Gasteiger partial charge in [-0.15, -0.1) is 0 Å². The van der Waals surface area contributed by atoms with Gasteiger partial charge in [-0.05, 0) is 37.0 Å². The zero-order chi connectivity index (χ0) is 13.4. The minimum absolute atomic E-state index is 0.0463. The standard InChI is InChI=1S/C14H16N2O3/c17-10-6-4-9(5-7-10)12-14(19)16-8-2-1-3-11(16)13(18)15-12/h4-7,11-12,17H,1-3,8H2,(H,15,18)/t11-,12+/m0/s1. The minimum atomic E-state index is -0.623. The third kappa shape index (κ3) is 2.05. The third-order valence-corrected chi connectivity index (χ3v) is 3.85. The fraction of sp³-hybridized carbons (Fsp3) is 0.429. The Morgan fingerprint density at radius 2 is 1.89 bits per heavy atom. The average molecular weight is 260 g/mol. The second-order valence-corrected chi connectivity index (χ2v) is 5.08. The van der Waals surface area contributed by atoms with Gasteiger partial charge in [0.15, 0.2) is 0 Å². The van der Waals surface area contributed by atoms with Crippen LogP contribution in [0, 0.1) is 0 Å². The number of aromatic hydroxyl groups is 1. The second-order valence-electron chi connectivity index (χ2n) is 5.08. The van der Waals surface area contributed by atoms with Gasteiger partial charge >= 0.3 is 0 Å². The summed E-state index contributed by atoms with van der Waals surface area (Å²) in [6.07, 6.45) is 2.70. The lowest BCUT2D eigenvalue weighted by molar-refractivity contribution is -0.151. The zero-order valence-electron chi connectivity index (χ0n) is 10.5. The van der Waals surface area contributed by atoms with E-state index in [1.807, 2.05) is 0 Å². The number of fused-ring (bicyclic) bond motifs is 1. The summed E-state index contributed by atoms with van der Waals surface area (Å²) in [5, 5.41) is 12.1. The van der Waals surface area contributed by atoms with Crippen molar-refractivity contribution in [3.8, 4) is 5.75 Å². The van der Waals surface area contributed by atoms with Crippen molar-refractivity contribution < 1.29 is 14.7 Å². The molecule has 19 heavy (non-hydrogen) atoms. The number of piperidine rings is 1. The molecule has 0 unspecified atom stereocenters. The quantitative estimate of drug-likeness (QED) is 0.789. The molecular formula is C14H16N2O3. The van der Waals surface area contributed by atoms with E-state index < -0.39 is 6.04 Å². The average Bonchev–Trinajstić information content (AvgIpc) is 2.44. The molecule has 0 saturated carbocycles. The second kappa shape index (κ2) is 4.57. The van der Waals surface area contributed by atoms with Gasteiger partial charge in [-0.3, -0.25) is 9.59 Å². The summed E-state index contributed by atoms with van der Waals surface area (Å²) < 4.78 is 0. The molecule has 2 aliphatic heterocycles. The lowest BCUT2D eigenvalue weighted by Crippen LogP contribution is -2.60. The van der Waals surface area contributed by atoms with E-state index in [9.17, 15) is 14.7 Å². The van der Waals surface area contributed by atoms with Crippen LogP contribution in [0.2, 0.25) is 0 Å². The number of carbonyl (C=O) groups is 2. The van der Waals surface area contributed by atoms with Crippen molar-refractivity contribution in [3.63, 3.8) is 0 Å². The highest BCUT2D eigenvalue weighted by Crippen LogP contribution is 2.28. The van der Waals surface area contributed by atoms with E-state index in [0.29, 0.717) is 12.1 Å². The van der Waals surface area contributed by atoms with E-state index in [-0.39, 0.29) is 23.6 Å². The number of nitrogens with one attached hydrogen (secondary N) is 1. The van der Waals surface area contributed by atoms with E-state index in [0.717, 1.165) is 19.3 Å². The maximum absolute atomic E-state index is 12.4. The molecule has 5 heteroatoms. The largest absolute Gasteiger partial charge is 0.508 e. The number of hydrogen-bond donors (Lipinski definition) is 2. The summed E-state index contributed by atoms with van der Waals surface area (Å²) >= 11 is 0. The highest BCUT2D eigenvalue weighted by Gasteiger charge is 2.41. The molecule has 2 heterocycles. The van der Waals surface area contributed by atoms with Crippen LogP contribution in [0.4, 0.5) is 0 Å². The van der Waals surface area contributed by atoms with Crippen molar-refractivity contribution in [2.24, 2.45) is 0 Å². The van der Waals surface area contributed by atoms with Crippen LogP contribution in [0.1, 0.15) is 30.9 Å². The van der Waals surface area contributed by atoms with Gasteiger partial charge in [0.2, 0.25) is 11.8 Å².